The van der Waals surface area contributed by atoms with Crippen molar-refractivity contribution in [2.45, 2.75) is 57.6 Å². The molecule has 3 atom stereocenters. The molecule has 114 valence electrons. The second-order valence-corrected chi connectivity index (χ2v) is 6.44. The van der Waals surface area contributed by atoms with Crippen molar-refractivity contribution in [2.75, 3.05) is 13.2 Å². The third-order valence-corrected chi connectivity index (χ3v) is 5.26. The maximum absolute atomic E-state index is 6.43. The Morgan fingerprint density at radius 1 is 1.19 bits per heavy atom. The van der Waals surface area contributed by atoms with Crippen molar-refractivity contribution in [1.29, 1.82) is 0 Å². The molecule has 0 aliphatic carbocycles. The van der Waals surface area contributed by atoms with Crippen LogP contribution < -0.4 is 0 Å². The molecule has 0 radical (unpaired) electrons. The summed E-state index contributed by atoms with van der Waals surface area (Å²) in [6.07, 6.45) is 8.66. The fraction of sp³-hybridized carbons (Fsp3) is 0.632. The molecule has 1 saturated heterocycles. The molecule has 2 nitrogen and oxygen atoms in total. The third kappa shape index (κ3) is 2.66. The second-order valence-electron chi connectivity index (χ2n) is 6.44. The molecule has 2 aliphatic rings. The number of fused-ring (bicyclic) bond motifs is 1. The molecule has 21 heavy (non-hydrogen) atoms. The molecule has 3 unspecified atom stereocenters. The summed E-state index contributed by atoms with van der Waals surface area (Å²) in [5.41, 5.74) is 1.35. The van der Waals surface area contributed by atoms with Gasteiger partial charge in [0.15, 0.2) is 0 Å². The topological polar surface area (TPSA) is 12.2 Å². The Labute approximate surface area is 128 Å². The van der Waals surface area contributed by atoms with Crippen LogP contribution in [0, 0.1) is 5.92 Å². The van der Waals surface area contributed by atoms with Crippen LogP contribution in [-0.4, -0.2) is 29.7 Å². The van der Waals surface area contributed by atoms with Gasteiger partial charge < -0.3 is 4.74 Å². The Bertz CT molecular complexity index is 492. The standard InChI is InChI=1S/C19H28NO/c1-3-16-14-18(17-10-6-5-7-11-17)19(21-4-2)12-8-9-13-20(19)15-16/h5-7,10-11,15-16,18H,3-4,8-9,12-14H2,1-2H3/q+1. The zero-order valence-electron chi connectivity index (χ0n) is 13.4. The first-order valence-corrected chi connectivity index (χ1v) is 8.60. The van der Waals surface area contributed by atoms with Crippen molar-refractivity contribution < 1.29 is 9.31 Å². The first kappa shape index (κ1) is 14.8. The molecule has 0 bridgehead atoms. The van der Waals surface area contributed by atoms with Crippen LogP contribution in [0.2, 0.25) is 0 Å². The van der Waals surface area contributed by atoms with Gasteiger partial charge in [-0.25, -0.2) is 4.58 Å². The Hall–Kier alpha value is -1.15. The van der Waals surface area contributed by atoms with Crippen molar-refractivity contribution in [3.8, 4) is 0 Å². The predicted molar refractivity (Wildman–Crippen MR) is 87.0 cm³/mol. The summed E-state index contributed by atoms with van der Waals surface area (Å²) < 4.78 is 8.98. The number of nitrogens with zero attached hydrogens (tertiary/aromatic N) is 1. The fourth-order valence-corrected chi connectivity index (χ4v) is 4.23. The average molecular weight is 286 g/mol. The molecule has 2 heteroatoms. The van der Waals surface area contributed by atoms with Crippen LogP contribution >= 0.6 is 0 Å². The van der Waals surface area contributed by atoms with E-state index >= 15 is 0 Å². The lowest BCUT2D eigenvalue weighted by Gasteiger charge is -2.43. The molecule has 1 aromatic rings. The van der Waals surface area contributed by atoms with Crippen molar-refractivity contribution in [2.24, 2.45) is 5.92 Å². The van der Waals surface area contributed by atoms with E-state index in [0.29, 0.717) is 11.8 Å². The number of hydrogen-bond acceptors (Lipinski definition) is 1. The van der Waals surface area contributed by atoms with Crippen molar-refractivity contribution in [1.82, 2.24) is 0 Å². The Balaban J connectivity index is 2.04. The number of ether oxygens (including phenoxy) is 1. The fourth-order valence-electron chi connectivity index (χ4n) is 4.23. The van der Waals surface area contributed by atoms with E-state index in [1.54, 1.807) is 0 Å². The Morgan fingerprint density at radius 2 is 2.00 bits per heavy atom. The molecule has 0 N–H and O–H groups in total. The van der Waals surface area contributed by atoms with E-state index in [0.717, 1.165) is 19.6 Å². The summed E-state index contributed by atoms with van der Waals surface area (Å²) in [5.74, 6) is 1.18. The van der Waals surface area contributed by atoms with E-state index in [1.165, 1.54) is 31.2 Å². The molecule has 3 rings (SSSR count). The minimum Gasteiger partial charge on any atom is -0.319 e. The van der Waals surface area contributed by atoms with Gasteiger partial charge in [-0.2, -0.15) is 0 Å². The van der Waals surface area contributed by atoms with Crippen molar-refractivity contribution in [3.05, 3.63) is 35.9 Å². The van der Waals surface area contributed by atoms with Crippen LogP contribution in [0.15, 0.2) is 30.3 Å². The zero-order valence-corrected chi connectivity index (χ0v) is 13.4. The first-order chi connectivity index (χ1) is 10.3. The maximum Gasteiger partial charge on any atom is 0.273 e. The molecule has 0 saturated carbocycles. The van der Waals surface area contributed by atoms with Crippen molar-refractivity contribution >= 4 is 6.21 Å². The highest BCUT2D eigenvalue weighted by Gasteiger charge is 2.54. The second kappa shape index (κ2) is 6.31. The van der Waals surface area contributed by atoms with Crippen LogP contribution in [0.5, 0.6) is 0 Å². The summed E-state index contributed by atoms with van der Waals surface area (Å²) in [7, 11) is 0. The van der Waals surface area contributed by atoms with Gasteiger partial charge in [0.25, 0.3) is 5.72 Å². The summed E-state index contributed by atoms with van der Waals surface area (Å²) in [6, 6.07) is 11.0. The van der Waals surface area contributed by atoms with Gasteiger partial charge in [0, 0.05) is 18.8 Å². The van der Waals surface area contributed by atoms with Crippen LogP contribution in [0.1, 0.15) is 57.4 Å². The third-order valence-electron chi connectivity index (χ3n) is 5.26. The average Bonchev–Trinajstić information content (AvgIpc) is 2.55. The quantitative estimate of drug-likeness (QED) is 0.756. The molecule has 0 spiro atoms. The van der Waals surface area contributed by atoms with E-state index in [-0.39, 0.29) is 5.72 Å². The lowest BCUT2D eigenvalue weighted by atomic mass is 9.74. The van der Waals surface area contributed by atoms with Gasteiger partial charge in [-0.3, -0.25) is 0 Å². The molecule has 2 heterocycles. The molecule has 0 amide bonds. The molecule has 1 fully saturated rings. The summed E-state index contributed by atoms with van der Waals surface area (Å²) in [4.78, 5) is 0. The number of hydrogen-bond donors (Lipinski definition) is 0. The smallest absolute Gasteiger partial charge is 0.273 e. The van der Waals surface area contributed by atoms with E-state index < -0.39 is 0 Å². The predicted octanol–water partition coefficient (Wildman–Crippen LogP) is 4.20. The first-order valence-electron chi connectivity index (χ1n) is 8.60. The zero-order chi connectivity index (χ0) is 14.7. The number of rotatable bonds is 4. The van der Waals surface area contributed by atoms with Gasteiger partial charge in [-0.1, -0.05) is 37.3 Å². The Kier molecular flexibility index (Phi) is 4.44. The van der Waals surface area contributed by atoms with Gasteiger partial charge in [0.05, 0.1) is 12.5 Å². The van der Waals surface area contributed by atoms with Gasteiger partial charge in [-0.15, -0.1) is 0 Å². The highest BCUT2D eigenvalue weighted by atomic mass is 16.5. The monoisotopic (exact) mass is 286 g/mol. The van der Waals surface area contributed by atoms with Crippen LogP contribution in [0.25, 0.3) is 0 Å². The normalized spacial score (nSPS) is 32.4. The van der Waals surface area contributed by atoms with Crippen molar-refractivity contribution in [3.63, 3.8) is 0 Å². The minimum absolute atomic E-state index is 0.0972. The van der Waals surface area contributed by atoms with Gasteiger partial charge in [0.1, 0.15) is 12.8 Å². The summed E-state index contributed by atoms with van der Waals surface area (Å²) >= 11 is 0. The highest BCUT2D eigenvalue weighted by Crippen LogP contribution is 2.45. The molecule has 2 aliphatic heterocycles. The summed E-state index contributed by atoms with van der Waals surface area (Å²) in [5, 5.41) is 0. The molecular formula is C19H28NO+. The van der Waals surface area contributed by atoms with Crippen LogP contribution in [-0.2, 0) is 4.74 Å². The summed E-state index contributed by atoms with van der Waals surface area (Å²) in [6.45, 7) is 6.39. The van der Waals surface area contributed by atoms with E-state index in [4.69, 9.17) is 4.74 Å². The van der Waals surface area contributed by atoms with Crippen LogP contribution in [0.4, 0.5) is 0 Å². The lowest BCUT2D eigenvalue weighted by molar-refractivity contribution is -0.680. The van der Waals surface area contributed by atoms with E-state index in [2.05, 4.69) is 55.0 Å². The highest BCUT2D eigenvalue weighted by molar-refractivity contribution is 5.57. The van der Waals surface area contributed by atoms with Gasteiger partial charge >= 0.3 is 0 Å². The molecule has 0 aromatic heterocycles. The van der Waals surface area contributed by atoms with Crippen LogP contribution in [0.3, 0.4) is 0 Å². The number of benzene rings is 1. The maximum atomic E-state index is 6.43. The minimum atomic E-state index is -0.0972. The molecule has 1 aromatic carbocycles. The SMILES string of the molecule is CCOC12CCCC[N+]1=CC(CC)CC2c1ccccc1. The number of piperidine rings is 1. The van der Waals surface area contributed by atoms with Gasteiger partial charge in [0.2, 0.25) is 0 Å². The van der Waals surface area contributed by atoms with Gasteiger partial charge in [-0.05, 0) is 31.7 Å². The van der Waals surface area contributed by atoms with E-state index in [9.17, 15) is 0 Å². The largest absolute Gasteiger partial charge is 0.319 e. The van der Waals surface area contributed by atoms with E-state index in [1.807, 2.05) is 0 Å². The lowest BCUT2D eigenvalue weighted by Crippen LogP contribution is -2.56. The Morgan fingerprint density at radius 3 is 2.71 bits per heavy atom. The molecular weight excluding hydrogens is 258 g/mol.